The summed E-state index contributed by atoms with van der Waals surface area (Å²) in [5, 5.41) is 10.9. The first-order valence-corrected chi connectivity index (χ1v) is 13.5. The maximum atomic E-state index is 10.9. The molecule has 0 radical (unpaired) electrons. The van der Waals surface area contributed by atoms with Gasteiger partial charge in [-0.2, -0.15) is 0 Å². The molecule has 0 bridgehead atoms. The SMILES string of the molecule is CCOc1ccc(C(C)(C)c2ccccc2)cc1CC(O)COc1ccc(C(C)(C)c2ccccc2)cc1. The lowest BCUT2D eigenvalue weighted by atomic mass is 9.77. The predicted molar refractivity (Wildman–Crippen MR) is 156 cm³/mol. The average molecular weight is 509 g/mol. The van der Waals surface area contributed by atoms with Crippen molar-refractivity contribution >= 4 is 0 Å². The molecule has 3 nitrogen and oxygen atoms in total. The van der Waals surface area contributed by atoms with Gasteiger partial charge in [-0.3, -0.25) is 0 Å². The van der Waals surface area contributed by atoms with Crippen LogP contribution in [-0.2, 0) is 17.3 Å². The van der Waals surface area contributed by atoms with E-state index < -0.39 is 6.10 Å². The van der Waals surface area contributed by atoms with Gasteiger partial charge in [0.15, 0.2) is 0 Å². The van der Waals surface area contributed by atoms with Crippen molar-refractivity contribution in [3.05, 3.63) is 131 Å². The van der Waals surface area contributed by atoms with Crippen LogP contribution >= 0.6 is 0 Å². The van der Waals surface area contributed by atoms with E-state index in [-0.39, 0.29) is 17.4 Å². The number of rotatable bonds is 11. The minimum Gasteiger partial charge on any atom is -0.494 e. The summed E-state index contributed by atoms with van der Waals surface area (Å²) in [6.07, 6.45) is -0.211. The molecule has 198 valence electrons. The fourth-order valence-corrected chi connectivity index (χ4v) is 4.94. The summed E-state index contributed by atoms with van der Waals surface area (Å²) in [5.41, 5.74) is 5.64. The Morgan fingerprint density at radius 1 is 0.632 bits per heavy atom. The number of aliphatic hydroxyl groups is 1. The van der Waals surface area contributed by atoms with Gasteiger partial charge in [-0.05, 0) is 52.9 Å². The molecule has 0 aliphatic heterocycles. The highest BCUT2D eigenvalue weighted by Gasteiger charge is 2.25. The largest absolute Gasteiger partial charge is 0.494 e. The topological polar surface area (TPSA) is 38.7 Å². The summed E-state index contributed by atoms with van der Waals surface area (Å²) in [7, 11) is 0. The van der Waals surface area contributed by atoms with Crippen LogP contribution < -0.4 is 9.47 Å². The van der Waals surface area contributed by atoms with E-state index in [4.69, 9.17) is 9.47 Å². The first-order chi connectivity index (χ1) is 18.2. The minimum absolute atomic E-state index is 0.104. The van der Waals surface area contributed by atoms with Crippen LogP contribution in [0.15, 0.2) is 103 Å². The van der Waals surface area contributed by atoms with Crippen LogP contribution in [0.5, 0.6) is 11.5 Å². The molecular formula is C35H40O3. The lowest BCUT2D eigenvalue weighted by Gasteiger charge is -2.27. The van der Waals surface area contributed by atoms with Crippen LogP contribution in [-0.4, -0.2) is 24.4 Å². The summed E-state index contributed by atoms with van der Waals surface area (Å²) >= 11 is 0. The van der Waals surface area contributed by atoms with Gasteiger partial charge in [0.1, 0.15) is 18.1 Å². The fourth-order valence-electron chi connectivity index (χ4n) is 4.94. The van der Waals surface area contributed by atoms with Crippen molar-refractivity contribution in [2.75, 3.05) is 13.2 Å². The molecule has 4 aromatic rings. The lowest BCUT2D eigenvalue weighted by molar-refractivity contribution is 0.107. The first-order valence-electron chi connectivity index (χ1n) is 13.5. The fraction of sp³-hybridized carbons (Fsp3) is 0.314. The standard InChI is InChI=1S/C35H40O3/c1-6-37-33-22-19-30(35(4,5)28-15-11-8-12-16-28)23-26(33)24-31(36)25-38-32-20-17-29(18-21-32)34(2,3)27-13-9-7-10-14-27/h7-23,31,36H,6,24-25H2,1-5H3. The van der Waals surface area contributed by atoms with E-state index >= 15 is 0 Å². The van der Waals surface area contributed by atoms with Gasteiger partial charge in [0.2, 0.25) is 0 Å². The van der Waals surface area contributed by atoms with E-state index in [1.54, 1.807) is 0 Å². The summed E-state index contributed by atoms with van der Waals surface area (Å²) in [4.78, 5) is 0. The van der Waals surface area contributed by atoms with E-state index in [0.29, 0.717) is 13.0 Å². The molecule has 4 rings (SSSR count). The van der Waals surface area contributed by atoms with Gasteiger partial charge in [0.25, 0.3) is 0 Å². The smallest absolute Gasteiger partial charge is 0.122 e. The maximum absolute atomic E-state index is 10.9. The van der Waals surface area contributed by atoms with Crippen molar-refractivity contribution in [1.29, 1.82) is 0 Å². The van der Waals surface area contributed by atoms with E-state index in [2.05, 4.69) is 100 Å². The van der Waals surface area contributed by atoms with Crippen LogP contribution in [0, 0.1) is 0 Å². The molecule has 0 spiro atoms. The van der Waals surface area contributed by atoms with Crippen molar-refractivity contribution in [3.8, 4) is 11.5 Å². The predicted octanol–water partition coefficient (Wildman–Crippen LogP) is 7.72. The quantitative estimate of drug-likeness (QED) is 0.225. The Morgan fingerprint density at radius 3 is 1.68 bits per heavy atom. The highest BCUT2D eigenvalue weighted by molar-refractivity contribution is 5.45. The molecule has 0 amide bonds. The van der Waals surface area contributed by atoms with Crippen molar-refractivity contribution in [2.45, 2.75) is 58.0 Å². The third-order valence-corrected chi connectivity index (χ3v) is 7.55. The lowest BCUT2D eigenvalue weighted by Crippen LogP contribution is -2.22. The second-order valence-corrected chi connectivity index (χ2v) is 10.9. The molecule has 4 aromatic carbocycles. The zero-order chi connectivity index (χ0) is 27.2. The Labute approximate surface area is 228 Å². The molecule has 1 atom stereocenters. The van der Waals surface area contributed by atoms with Crippen molar-refractivity contribution in [2.24, 2.45) is 0 Å². The van der Waals surface area contributed by atoms with Gasteiger partial charge in [0.05, 0.1) is 12.7 Å². The van der Waals surface area contributed by atoms with Crippen LogP contribution in [0.3, 0.4) is 0 Å². The molecule has 0 saturated carbocycles. The second-order valence-electron chi connectivity index (χ2n) is 10.9. The Morgan fingerprint density at radius 2 is 1.13 bits per heavy atom. The van der Waals surface area contributed by atoms with Crippen LogP contribution in [0.25, 0.3) is 0 Å². The van der Waals surface area contributed by atoms with Gasteiger partial charge in [-0.25, -0.2) is 0 Å². The van der Waals surface area contributed by atoms with Crippen LogP contribution in [0.4, 0.5) is 0 Å². The van der Waals surface area contributed by atoms with Crippen molar-refractivity contribution < 1.29 is 14.6 Å². The monoisotopic (exact) mass is 508 g/mol. The summed E-state index contributed by atoms with van der Waals surface area (Å²) in [5.74, 6) is 1.56. The van der Waals surface area contributed by atoms with Gasteiger partial charge in [-0.15, -0.1) is 0 Å². The molecule has 0 heterocycles. The van der Waals surface area contributed by atoms with Gasteiger partial charge in [-0.1, -0.05) is 113 Å². The maximum Gasteiger partial charge on any atom is 0.122 e. The molecule has 0 aromatic heterocycles. The molecule has 1 unspecified atom stereocenters. The Hall–Kier alpha value is -3.56. The summed E-state index contributed by atoms with van der Waals surface area (Å²) < 4.78 is 11.9. The van der Waals surface area contributed by atoms with Crippen molar-refractivity contribution in [3.63, 3.8) is 0 Å². The van der Waals surface area contributed by atoms with Gasteiger partial charge in [0, 0.05) is 17.3 Å². The molecule has 38 heavy (non-hydrogen) atoms. The number of hydrogen-bond donors (Lipinski definition) is 1. The molecule has 0 aliphatic rings. The molecule has 0 aliphatic carbocycles. The first kappa shape index (κ1) is 27.5. The Balaban J connectivity index is 1.44. The van der Waals surface area contributed by atoms with E-state index in [9.17, 15) is 5.11 Å². The minimum atomic E-state index is -0.662. The third kappa shape index (κ3) is 6.28. The average Bonchev–Trinajstić information content (AvgIpc) is 2.94. The summed E-state index contributed by atoms with van der Waals surface area (Å²) in [6.45, 7) is 11.7. The third-order valence-electron chi connectivity index (χ3n) is 7.55. The summed E-state index contributed by atoms with van der Waals surface area (Å²) in [6, 6.07) is 35.5. The second kappa shape index (κ2) is 11.9. The number of aliphatic hydroxyl groups excluding tert-OH is 1. The zero-order valence-electron chi connectivity index (χ0n) is 23.3. The van der Waals surface area contributed by atoms with Gasteiger partial charge >= 0.3 is 0 Å². The molecule has 0 saturated heterocycles. The Bertz CT molecular complexity index is 1290. The number of ether oxygens (including phenoxy) is 2. The van der Waals surface area contributed by atoms with E-state index in [1.165, 1.54) is 22.3 Å². The number of hydrogen-bond acceptors (Lipinski definition) is 3. The van der Waals surface area contributed by atoms with Crippen LogP contribution in [0.1, 0.15) is 62.4 Å². The van der Waals surface area contributed by atoms with E-state index in [0.717, 1.165) is 17.1 Å². The van der Waals surface area contributed by atoms with E-state index in [1.807, 2.05) is 37.3 Å². The molecular weight excluding hydrogens is 468 g/mol. The molecule has 0 fully saturated rings. The number of benzene rings is 4. The normalized spacial score (nSPS) is 12.7. The van der Waals surface area contributed by atoms with Gasteiger partial charge < -0.3 is 14.6 Å². The highest BCUT2D eigenvalue weighted by atomic mass is 16.5. The molecule has 1 N–H and O–H groups in total. The molecule has 3 heteroatoms. The van der Waals surface area contributed by atoms with Crippen LogP contribution in [0.2, 0.25) is 0 Å². The zero-order valence-corrected chi connectivity index (χ0v) is 23.3. The highest BCUT2D eigenvalue weighted by Crippen LogP contribution is 2.35. The Kier molecular flexibility index (Phi) is 8.58. The van der Waals surface area contributed by atoms with Crippen molar-refractivity contribution in [1.82, 2.24) is 0 Å².